The number of carbonyl (C=O) groups is 1. The predicted octanol–water partition coefficient (Wildman–Crippen LogP) is 4.31. The normalized spacial score (nSPS) is 15.7. The Kier molecular flexibility index (Phi) is 6.05. The van der Waals surface area contributed by atoms with Gasteiger partial charge in [0, 0.05) is 19.6 Å². The lowest BCUT2D eigenvalue weighted by atomic mass is 10.0. The molecule has 2 N–H and O–H groups in total. The first-order valence-corrected chi connectivity index (χ1v) is 8.72. The molecule has 1 saturated heterocycles. The number of hydroxylamine groups is 1. The van der Waals surface area contributed by atoms with Crippen LogP contribution >= 0.6 is 0 Å². The van der Waals surface area contributed by atoms with E-state index in [0.29, 0.717) is 13.1 Å². The van der Waals surface area contributed by atoms with Crippen LogP contribution in [0.5, 0.6) is 0 Å². The molecule has 26 heavy (non-hydrogen) atoms. The van der Waals surface area contributed by atoms with Gasteiger partial charge in [0.25, 0.3) is 0 Å². The van der Waals surface area contributed by atoms with Crippen molar-refractivity contribution < 1.29 is 22.8 Å². The molecule has 5 nitrogen and oxygen atoms in total. The average molecular weight is 373 g/mol. The molecule has 1 fully saturated rings. The Bertz CT molecular complexity index is 636. The van der Waals surface area contributed by atoms with E-state index in [1.54, 1.807) is 20.8 Å². The van der Waals surface area contributed by atoms with Gasteiger partial charge >= 0.3 is 12.3 Å². The number of carbonyl (C=O) groups excluding carboxylic acids is 1. The fraction of sp³-hybridized carbons (Fsp3) is 0.611. The van der Waals surface area contributed by atoms with Crippen molar-refractivity contribution in [2.24, 2.45) is 5.73 Å². The van der Waals surface area contributed by atoms with E-state index in [4.69, 9.17) is 10.6 Å². The molecular weight excluding hydrogens is 347 g/mol. The lowest BCUT2D eigenvalue weighted by Crippen LogP contribution is -2.48. The summed E-state index contributed by atoms with van der Waals surface area (Å²) in [5.74, 6) is 0. The number of piperidine rings is 1. The number of nitrogens with zero attached hydrogens (tertiary/aromatic N) is 2. The smallest absolute Gasteiger partial charge is 0.326 e. The second-order valence-electron chi connectivity index (χ2n) is 7.39. The molecule has 0 unspecified atom stereocenters. The third-order valence-corrected chi connectivity index (χ3v) is 4.24. The fourth-order valence-electron chi connectivity index (χ4n) is 2.95. The minimum atomic E-state index is -4.60. The van der Waals surface area contributed by atoms with Crippen LogP contribution in [0.4, 0.5) is 23.7 Å². The molecule has 1 aliphatic rings. The highest BCUT2D eigenvalue weighted by Crippen LogP contribution is 2.41. The number of hydrogen-bond acceptors (Lipinski definition) is 4. The molecule has 0 aliphatic carbocycles. The van der Waals surface area contributed by atoms with Gasteiger partial charge in [-0.25, -0.2) is 4.79 Å². The molecule has 0 atom stereocenters. The van der Waals surface area contributed by atoms with Crippen LogP contribution in [-0.4, -0.2) is 29.6 Å². The first-order chi connectivity index (χ1) is 12.1. The molecule has 2 rings (SSSR count). The number of para-hydroxylation sites is 1. The summed E-state index contributed by atoms with van der Waals surface area (Å²) >= 11 is 0. The molecule has 1 heterocycles. The lowest BCUT2D eigenvalue weighted by molar-refractivity contribution is -0.137. The molecule has 8 heteroatoms. The van der Waals surface area contributed by atoms with Gasteiger partial charge in [0.05, 0.1) is 16.8 Å². The zero-order chi connectivity index (χ0) is 19.5. The number of hydrogen-bond donors (Lipinski definition) is 1. The topological polar surface area (TPSA) is 58.8 Å². The summed E-state index contributed by atoms with van der Waals surface area (Å²) < 4.78 is 40.8. The third kappa shape index (κ3) is 4.60. The summed E-state index contributed by atoms with van der Waals surface area (Å²) in [6.07, 6.45) is -2.49. The average Bonchev–Trinajstić information content (AvgIpc) is 2.57. The molecule has 1 amide bonds. The number of rotatable bonds is 3. The van der Waals surface area contributed by atoms with Gasteiger partial charge in [-0.2, -0.15) is 18.2 Å². The maximum Gasteiger partial charge on any atom is 0.434 e. The first-order valence-electron chi connectivity index (χ1n) is 8.72. The van der Waals surface area contributed by atoms with Gasteiger partial charge in [-0.15, -0.1) is 0 Å². The van der Waals surface area contributed by atoms with Crippen molar-refractivity contribution in [3.05, 3.63) is 29.3 Å². The maximum absolute atomic E-state index is 13.6. The van der Waals surface area contributed by atoms with Crippen LogP contribution in [0, 0.1) is 0 Å². The molecule has 0 spiro atoms. The molecule has 0 bridgehead atoms. The van der Waals surface area contributed by atoms with E-state index in [1.807, 2.05) is 0 Å². The number of benzene rings is 1. The van der Waals surface area contributed by atoms with E-state index in [-0.39, 0.29) is 17.8 Å². The minimum Gasteiger partial charge on any atom is -0.326 e. The van der Waals surface area contributed by atoms with E-state index in [1.165, 1.54) is 17.0 Å². The largest absolute Gasteiger partial charge is 0.434 e. The van der Waals surface area contributed by atoms with Crippen molar-refractivity contribution >= 4 is 11.8 Å². The van der Waals surface area contributed by atoms with Gasteiger partial charge in [-0.05, 0) is 51.7 Å². The summed E-state index contributed by atoms with van der Waals surface area (Å²) in [5, 5.41) is 1.05. The molecule has 146 valence electrons. The number of alkyl halides is 3. The second kappa shape index (κ2) is 7.73. The maximum atomic E-state index is 13.6. The van der Waals surface area contributed by atoms with Crippen molar-refractivity contribution in [3.63, 3.8) is 0 Å². The van der Waals surface area contributed by atoms with Crippen molar-refractivity contribution in [1.29, 1.82) is 0 Å². The highest BCUT2D eigenvalue weighted by Gasteiger charge is 2.40. The number of halogens is 3. The van der Waals surface area contributed by atoms with Crippen molar-refractivity contribution in [2.75, 3.05) is 18.2 Å². The van der Waals surface area contributed by atoms with E-state index in [0.717, 1.165) is 30.4 Å². The summed E-state index contributed by atoms with van der Waals surface area (Å²) in [6, 6.07) is 3.79. The summed E-state index contributed by atoms with van der Waals surface area (Å²) in [7, 11) is 0. The minimum absolute atomic E-state index is 0.104. The zero-order valence-corrected chi connectivity index (χ0v) is 15.4. The van der Waals surface area contributed by atoms with Crippen molar-refractivity contribution in [3.8, 4) is 0 Å². The van der Waals surface area contributed by atoms with Gasteiger partial charge in [0.1, 0.15) is 0 Å². The van der Waals surface area contributed by atoms with Gasteiger partial charge < -0.3 is 15.5 Å². The SMILES string of the molecule is CC(C)(C)N(OC(=O)N1CCCCC1)c1c(CN)cccc1C(F)(F)F. The van der Waals surface area contributed by atoms with E-state index in [2.05, 4.69) is 0 Å². The highest BCUT2D eigenvalue weighted by atomic mass is 19.4. The van der Waals surface area contributed by atoms with Crippen molar-refractivity contribution in [1.82, 2.24) is 4.90 Å². The lowest BCUT2D eigenvalue weighted by Gasteiger charge is -2.39. The Morgan fingerprint density at radius 1 is 1.19 bits per heavy atom. The monoisotopic (exact) mass is 373 g/mol. The molecular formula is C18H26F3N3O2. The Hall–Kier alpha value is -1.96. The Morgan fingerprint density at radius 2 is 1.81 bits per heavy atom. The number of likely N-dealkylation sites (tertiary alicyclic amines) is 1. The summed E-state index contributed by atoms with van der Waals surface area (Å²) in [5.41, 5.74) is 3.96. The Labute approximate surface area is 151 Å². The standard InChI is InChI=1S/C18H26F3N3O2/c1-17(2,3)24(26-16(25)23-10-5-4-6-11-23)15-13(12-22)8-7-9-14(15)18(19,20)21/h7-9H,4-6,10-12,22H2,1-3H3. The second-order valence-corrected chi connectivity index (χ2v) is 7.39. The van der Waals surface area contributed by atoms with Crippen LogP contribution in [0.25, 0.3) is 0 Å². The van der Waals surface area contributed by atoms with Gasteiger partial charge in [-0.1, -0.05) is 12.1 Å². The quantitative estimate of drug-likeness (QED) is 0.803. The van der Waals surface area contributed by atoms with E-state index < -0.39 is 23.4 Å². The molecule has 1 aromatic rings. The van der Waals surface area contributed by atoms with Gasteiger partial charge in [0.2, 0.25) is 0 Å². The molecule has 1 aromatic carbocycles. The van der Waals surface area contributed by atoms with Crippen molar-refractivity contribution in [2.45, 2.75) is 58.3 Å². The molecule has 1 aliphatic heterocycles. The van der Waals surface area contributed by atoms with Crippen LogP contribution in [0.3, 0.4) is 0 Å². The fourth-order valence-corrected chi connectivity index (χ4v) is 2.95. The molecule has 0 saturated carbocycles. The predicted molar refractivity (Wildman–Crippen MR) is 93.5 cm³/mol. The first kappa shape index (κ1) is 20.4. The Balaban J connectivity index is 2.46. The van der Waals surface area contributed by atoms with Crippen LogP contribution in [-0.2, 0) is 17.6 Å². The number of amides is 1. The highest BCUT2D eigenvalue weighted by molar-refractivity contribution is 5.71. The zero-order valence-electron chi connectivity index (χ0n) is 15.4. The van der Waals surface area contributed by atoms with Crippen LogP contribution in [0.15, 0.2) is 18.2 Å². The van der Waals surface area contributed by atoms with Gasteiger partial charge in [0.15, 0.2) is 0 Å². The van der Waals surface area contributed by atoms with Gasteiger partial charge in [-0.3, -0.25) is 0 Å². The summed E-state index contributed by atoms with van der Waals surface area (Å²) in [6.45, 7) is 6.04. The number of anilines is 1. The van der Waals surface area contributed by atoms with E-state index >= 15 is 0 Å². The Morgan fingerprint density at radius 3 is 2.31 bits per heavy atom. The molecule has 0 aromatic heterocycles. The number of nitrogens with two attached hydrogens (primary N) is 1. The van der Waals surface area contributed by atoms with Crippen LogP contribution < -0.4 is 10.8 Å². The summed E-state index contributed by atoms with van der Waals surface area (Å²) in [4.78, 5) is 19.6. The van der Waals surface area contributed by atoms with E-state index in [9.17, 15) is 18.0 Å². The van der Waals surface area contributed by atoms with Crippen LogP contribution in [0.1, 0.15) is 51.2 Å². The van der Waals surface area contributed by atoms with Crippen LogP contribution in [0.2, 0.25) is 0 Å². The molecule has 0 radical (unpaired) electrons. The third-order valence-electron chi connectivity index (χ3n) is 4.24.